The van der Waals surface area contributed by atoms with Crippen LogP contribution in [0.2, 0.25) is 0 Å². The largest absolute Gasteiger partial charge is 0.469 e. The molecule has 0 amide bonds. The molecular formula is C7H15NO2. The molecule has 0 bridgehead atoms. The fourth-order valence-electron chi connectivity index (χ4n) is 0.904. The molecule has 2 atom stereocenters. The van der Waals surface area contributed by atoms with Crippen LogP contribution in [0, 0.1) is 5.92 Å². The lowest BCUT2D eigenvalue weighted by atomic mass is 10.00. The molecule has 0 rings (SSSR count). The van der Waals surface area contributed by atoms with Crippen LogP contribution in [-0.2, 0) is 9.53 Å². The van der Waals surface area contributed by atoms with E-state index < -0.39 is 0 Å². The Morgan fingerprint density at radius 1 is 1.70 bits per heavy atom. The van der Waals surface area contributed by atoms with Crippen molar-refractivity contribution in [2.24, 2.45) is 11.7 Å². The second-order valence-corrected chi connectivity index (χ2v) is 2.40. The molecule has 0 aromatic carbocycles. The summed E-state index contributed by atoms with van der Waals surface area (Å²) >= 11 is 0. The number of nitrogens with two attached hydrogens (primary N) is 1. The summed E-state index contributed by atoms with van der Waals surface area (Å²) in [5.41, 5.74) is 5.52. The van der Waals surface area contributed by atoms with Crippen molar-refractivity contribution in [1.82, 2.24) is 0 Å². The van der Waals surface area contributed by atoms with Gasteiger partial charge in [0.1, 0.15) is 0 Å². The molecule has 0 saturated carbocycles. The van der Waals surface area contributed by atoms with Gasteiger partial charge in [0.2, 0.25) is 0 Å². The lowest BCUT2D eigenvalue weighted by Crippen LogP contribution is -2.33. The van der Waals surface area contributed by atoms with Gasteiger partial charge in [0.25, 0.3) is 0 Å². The maximum absolute atomic E-state index is 10.9. The Bertz CT molecular complexity index is 112. The zero-order chi connectivity index (χ0) is 8.15. The van der Waals surface area contributed by atoms with E-state index in [9.17, 15) is 4.79 Å². The van der Waals surface area contributed by atoms with Crippen molar-refractivity contribution in [2.75, 3.05) is 7.11 Å². The number of carbonyl (C=O) groups excluding carboxylic acids is 1. The molecular weight excluding hydrogens is 130 g/mol. The van der Waals surface area contributed by atoms with Gasteiger partial charge in [-0.05, 0) is 13.3 Å². The van der Waals surface area contributed by atoms with Crippen LogP contribution in [-0.4, -0.2) is 19.1 Å². The minimum absolute atomic E-state index is 0.113. The molecule has 10 heavy (non-hydrogen) atoms. The average Bonchev–Trinajstić information content (AvgIpc) is 1.88. The van der Waals surface area contributed by atoms with E-state index in [1.807, 2.05) is 13.8 Å². The van der Waals surface area contributed by atoms with Crippen LogP contribution in [0.5, 0.6) is 0 Å². The molecule has 0 unspecified atom stereocenters. The summed E-state index contributed by atoms with van der Waals surface area (Å²) < 4.78 is 4.55. The van der Waals surface area contributed by atoms with E-state index in [4.69, 9.17) is 5.73 Å². The van der Waals surface area contributed by atoms with Crippen LogP contribution < -0.4 is 5.73 Å². The van der Waals surface area contributed by atoms with Gasteiger partial charge in [-0.2, -0.15) is 0 Å². The fourth-order valence-corrected chi connectivity index (χ4v) is 0.904. The number of hydrogen-bond donors (Lipinski definition) is 1. The molecule has 0 fully saturated rings. The first-order chi connectivity index (χ1) is 4.63. The van der Waals surface area contributed by atoms with Gasteiger partial charge in [-0.1, -0.05) is 6.92 Å². The Kier molecular flexibility index (Phi) is 4.03. The normalized spacial score (nSPS) is 16.0. The minimum atomic E-state index is -0.211. The molecule has 2 N–H and O–H groups in total. The molecule has 60 valence electrons. The third kappa shape index (κ3) is 2.35. The van der Waals surface area contributed by atoms with Crippen molar-refractivity contribution in [3.63, 3.8) is 0 Å². The zero-order valence-corrected chi connectivity index (χ0v) is 6.76. The second-order valence-electron chi connectivity index (χ2n) is 2.40. The van der Waals surface area contributed by atoms with E-state index >= 15 is 0 Å². The average molecular weight is 145 g/mol. The highest BCUT2D eigenvalue weighted by atomic mass is 16.5. The van der Waals surface area contributed by atoms with Crippen molar-refractivity contribution < 1.29 is 9.53 Å². The smallest absolute Gasteiger partial charge is 0.310 e. The van der Waals surface area contributed by atoms with Gasteiger partial charge in [0.05, 0.1) is 13.0 Å². The minimum Gasteiger partial charge on any atom is -0.469 e. The van der Waals surface area contributed by atoms with E-state index in [0.717, 1.165) is 6.42 Å². The third-order valence-electron chi connectivity index (χ3n) is 1.58. The Labute approximate surface area is 61.5 Å². The Balaban J connectivity index is 3.93. The molecule has 0 aliphatic heterocycles. The van der Waals surface area contributed by atoms with Gasteiger partial charge in [-0.15, -0.1) is 0 Å². The van der Waals surface area contributed by atoms with Gasteiger partial charge >= 0.3 is 5.97 Å². The molecule has 0 aromatic rings. The second kappa shape index (κ2) is 4.28. The first-order valence-corrected chi connectivity index (χ1v) is 3.46. The summed E-state index contributed by atoms with van der Waals surface area (Å²) in [5, 5.41) is 0. The number of methoxy groups -OCH3 is 1. The van der Waals surface area contributed by atoms with Gasteiger partial charge in [-0.25, -0.2) is 0 Å². The fraction of sp³-hybridized carbons (Fsp3) is 0.857. The SMILES string of the molecule is CC[C@@H](C(=O)OC)[C@H](C)N. The molecule has 3 nitrogen and oxygen atoms in total. The molecule has 0 heterocycles. The molecule has 3 heteroatoms. The molecule has 0 radical (unpaired) electrons. The van der Waals surface area contributed by atoms with E-state index in [2.05, 4.69) is 4.74 Å². The van der Waals surface area contributed by atoms with Gasteiger partial charge < -0.3 is 10.5 Å². The van der Waals surface area contributed by atoms with Crippen molar-refractivity contribution in [1.29, 1.82) is 0 Å². The summed E-state index contributed by atoms with van der Waals surface area (Å²) in [4.78, 5) is 10.9. The van der Waals surface area contributed by atoms with Crippen LogP contribution in [0.3, 0.4) is 0 Å². The van der Waals surface area contributed by atoms with Crippen LogP contribution in [0.15, 0.2) is 0 Å². The molecule has 0 saturated heterocycles. The molecule has 0 aliphatic carbocycles. The van der Waals surface area contributed by atoms with Crippen LogP contribution in [0.1, 0.15) is 20.3 Å². The van der Waals surface area contributed by atoms with Crippen LogP contribution in [0.25, 0.3) is 0 Å². The lowest BCUT2D eigenvalue weighted by Gasteiger charge is -2.15. The highest BCUT2D eigenvalue weighted by molar-refractivity contribution is 5.72. The van der Waals surface area contributed by atoms with E-state index in [1.54, 1.807) is 0 Å². The standard InChI is InChI=1S/C7H15NO2/c1-4-6(5(2)8)7(9)10-3/h5-6H,4,8H2,1-3H3/t5-,6+/m0/s1. The van der Waals surface area contributed by atoms with Crippen molar-refractivity contribution >= 4 is 5.97 Å². The van der Waals surface area contributed by atoms with E-state index in [-0.39, 0.29) is 17.9 Å². The monoisotopic (exact) mass is 145 g/mol. The van der Waals surface area contributed by atoms with Gasteiger partial charge in [0.15, 0.2) is 0 Å². The molecule has 0 spiro atoms. The van der Waals surface area contributed by atoms with Crippen molar-refractivity contribution in [2.45, 2.75) is 26.3 Å². The number of carbonyl (C=O) groups is 1. The predicted molar refractivity (Wildman–Crippen MR) is 39.4 cm³/mol. The lowest BCUT2D eigenvalue weighted by molar-refractivity contribution is -0.146. The first-order valence-electron chi connectivity index (χ1n) is 3.46. The summed E-state index contributed by atoms with van der Waals surface area (Å²) in [6.07, 6.45) is 0.740. The summed E-state index contributed by atoms with van der Waals surface area (Å²) in [5.74, 6) is -0.359. The maximum Gasteiger partial charge on any atom is 0.310 e. The van der Waals surface area contributed by atoms with Gasteiger partial charge in [-0.3, -0.25) is 4.79 Å². The Morgan fingerprint density at radius 3 is 2.30 bits per heavy atom. The number of ether oxygens (including phenoxy) is 1. The number of esters is 1. The third-order valence-corrected chi connectivity index (χ3v) is 1.58. The quantitative estimate of drug-likeness (QED) is 0.589. The number of hydrogen-bond acceptors (Lipinski definition) is 3. The summed E-state index contributed by atoms with van der Waals surface area (Å²) in [6.45, 7) is 3.73. The first kappa shape index (κ1) is 9.43. The highest BCUT2D eigenvalue weighted by Gasteiger charge is 2.20. The van der Waals surface area contributed by atoms with Gasteiger partial charge in [0, 0.05) is 6.04 Å². The zero-order valence-electron chi connectivity index (χ0n) is 6.76. The number of rotatable bonds is 3. The predicted octanol–water partition coefficient (Wildman–Crippen LogP) is 0.533. The van der Waals surface area contributed by atoms with Crippen LogP contribution >= 0.6 is 0 Å². The molecule has 0 aliphatic rings. The van der Waals surface area contributed by atoms with Crippen LogP contribution in [0.4, 0.5) is 0 Å². The topological polar surface area (TPSA) is 52.3 Å². The Morgan fingerprint density at radius 2 is 2.20 bits per heavy atom. The Hall–Kier alpha value is -0.570. The summed E-state index contributed by atoms with van der Waals surface area (Å²) in [6, 6.07) is -0.113. The van der Waals surface area contributed by atoms with E-state index in [0.29, 0.717) is 0 Å². The van der Waals surface area contributed by atoms with Crippen molar-refractivity contribution in [3.8, 4) is 0 Å². The van der Waals surface area contributed by atoms with E-state index in [1.165, 1.54) is 7.11 Å². The maximum atomic E-state index is 10.9. The summed E-state index contributed by atoms with van der Waals surface area (Å²) in [7, 11) is 1.38. The molecule has 0 aromatic heterocycles. The highest BCUT2D eigenvalue weighted by Crippen LogP contribution is 2.07. The van der Waals surface area contributed by atoms with Crippen molar-refractivity contribution in [3.05, 3.63) is 0 Å².